The Balaban J connectivity index is 2.53. The third-order valence-electron chi connectivity index (χ3n) is 3.74. The molecule has 0 amide bonds. The van der Waals surface area contributed by atoms with Crippen molar-refractivity contribution in [2.24, 2.45) is 0 Å². The Morgan fingerprint density at radius 3 is 2.21 bits per heavy atom. The van der Waals surface area contributed by atoms with E-state index in [1.807, 2.05) is 13.0 Å². The molecule has 0 aromatic heterocycles. The molecule has 0 heterocycles. The molecule has 0 fully saturated rings. The minimum absolute atomic E-state index is 0.129. The predicted molar refractivity (Wildman–Crippen MR) is 84.5 cm³/mol. The van der Waals surface area contributed by atoms with E-state index < -0.39 is 0 Å². The molecule has 0 aliphatic heterocycles. The maximum atomic E-state index is 6.70. The maximum absolute atomic E-state index is 6.70. The average molecular weight is 293 g/mol. The van der Waals surface area contributed by atoms with Gasteiger partial charge in [0.05, 0.1) is 5.38 Å². The fraction of sp³-hybridized carbons (Fsp3) is 0.294. The third kappa shape index (κ3) is 2.80. The topological polar surface area (TPSA) is 0 Å². The van der Waals surface area contributed by atoms with Crippen LogP contribution >= 0.6 is 23.2 Å². The first-order chi connectivity index (χ1) is 8.91. The molecular weight excluding hydrogens is 275 g/mol. The second-order valence-electron chi connectivity index (χ2n) is 5.11. The number of aryl methyl sites for hydroxylation is 3. The summed E-state index contributed by atoms with van der Waals surface area (Å²) >= 11 is 12.8. The highest BCUT2D eigenvalue weighted by Crippen LogP contribution is 2.35. The van der Waals surface area contributed by atoms with Crippen LogP contribution in [0.25, 0.3) is 0 Å². The smallest absolute Gasteiger partial charge is 0.0840 e. The second kappa shape index (κ2) is 5.56. The van der Waals surface area contributed by atoms with E-state index in [1.54, 1.807) is 0 Å². The van der Waals surface area contributed by atoms with E-state index in [4.69, 9.17) is 23.2 Å². The molecule has 1 unspecified atom stereocenters. The van der Waals surface area contributed by atoms with Crippen LogP contribution in [0.5, 0.6) is 0 Å². The monoisotopic (exact) mass is 292 g/mol. The Morgan fingerprint density at radius 2 is 1.53 bits per heavy atom. The summed E-state index contributed by atoms with van der Waals surface area (Å²) in [5.74, 6) is 0. The highest BCUT2D eigenvalue weighted by Gasteiger charge is 2.17. The standard InChI is InChI=1S/C17H18Cl2/c1-10-6-5-7-14(13(10)4)17(19)15-8-12(3)16(18)9-11(15)2/h5-9,17H,1-4H3. The summed E-state index contributed by atoms with van der Waals surface area (Å²) in [7, 11) is 0. The summed E-state index contributed by atoms with van der Waals surface area (Å²) in [5.41, 5.74) is 7.04. The Morgan fingerprint density at radius 1 is 0.842 bits per heavy atom. The Labute approximate surface area is 125 Å². The van der Waals surface area contributed by atoms with Crippen LogP contribution in [0, 0.1) is 27.7 Å². The van der Waals surface area contributed by atoms with E-state index in [2.05, 4.69) is 45.0 Å². The summed E-state index contributed by atoms with van der Waals surface area (Å²) in [6.07, 6.45) is 0. The van der Waals surface area contributed by atoms with E-state index in [1.165, 1.54) is 16.7 Å². The molecule has 1 atom stereocenters. The van der Waals surface area contributed by atoms with E-state index >= 15 is 0 Å². The fourth-order valence-corrected chi connectivity index (χ4v) is 2.98. The molecule has 0 bridgehead atoms. The molecule has 19 heavy (non-hydrogen) atoms. The summed E-state index contributed by atoms with van der Waals surface area (Å²) < 4.78 is 0. The van der Waals surface area contributed by atoms with E-state index in [9.17, 15) is 0 Å². The van der Waals surface area contributed by atoms with Crippen molar-refractivity contribution in [2.75, 3.05) is 0 Å². The summed E-state index contributed by atoms with van der Waals surface area (Å²) in [4.78, 5) is 0. The van der Waals surface area contributed by atoms with Crippen LogP contribution in [0.4, 0.5) is 0 Å². The quantitative estimate of drug-likeness (QED) is 0.604. The number of benzene rings is 2. The molecular formula is C17H18Cl2. The molecule has 0 saturated carbocycles. The largest absolute Gasteiger partial charge is 0.113 e. The molecule has 0 nitrogen and oxygen atoms in total. The highest BCUT2D eigenvalue weighted by atomic mass is 35.5. The molecule has 0 N–H and O–H groups in total. The zero-order valence-electron chi connectivity index (χ0n) is 11.7. The van der Waals surface area contributed by atoms with Gasteiger partial charge in [-0.25, -0.2) is 0 Å². The first kappa shape index (κ1) is 14.4. The summed E-state index contributed by atoms with van der Waals surface area (Å²) in [5, 5.41) is 0.668. The SMILES string of the molecule is Cc1cc(C(Cl)c2cccc(C)c2C)c(C)cc1Cl. The van der Waals surface area contributed by atoms with Crippen molar-refractivity contribution >= 4 is 23.2 Å². The van der Waals surface area contributed by atoms with Gasteiger partial charge in [0.2, 0.25) is 0 Å². The van der Waals surface area contributed by atoms with Crippen LogP contribution in [0.2, 0.25) is 5.02 Å². The van der Waals surface area contributed by atoms with Gasteiger partial charge in [0.15, 0.2) is 0 Å². The van der Waals surface area contributed by atoms with Gasteiger partial charge >= 0.3 is 0 Å². The Hall–Kier alpha value is -0.980. The van der Waals surface area contributed by atoms with Gasteiger partial charge in [-0.15, -0.1) is 11.6 Å². The van der Waals surface area contributed by atoms with Crippen molar-refractivity contribution in [3.63, 3.8) is 0 Å². The minimum Gasteiger partial charge on any atom is -0.113 e. The molecule has 0 aliphatic rings. The van der Waals surface area contributed by atoms with Gasteiger partial charge in [-0.1, -0.05) is 35.9 Å². The van der Waals surface area contributed by atoms with Crippen molar-refractivity contribution < 1.29 is 0 Å². The summed E-state index contributed by atoms with van der Waals surface area (Å²) in [6.45, 7) is 8.31. The van der Waals surface area contributed by atoms with Crippen molar-refractivity contribution in [3.8, 4) is 0 Å². The van der Waals surface area contributed by atoms with Gasteiger partial charge in [0.25, 0.3) is 0 Å². The minimum atomic E-state index is -0.129. The Bertz CT molecular complexity index is 615. The lowest BCUT2D eigenvalue weighted by atomic mass is 9.93. The number of halogens is 2. The highest BCUT2D eigenvalue weighted by molar-refractivity contribution is 6.31. The lowest BCUT2D eigenvalue weighted by molar-refractivity contribution is 1.07. The molecule has 2 heteroatoms. The van der Waals surface area contributed by atoms with Gasteiger partial charge in [0, 0.05) is 5.02 Å². The fourth-order valence-electron chi connectivity index (χ4n) is 2.29. The second-order valence-corrected chi connectivity index (χ2v) is 5.95. The summed E-state index contributed by atoms with van der Waals surface area (Å²) in [6, 6.07) is 10.4. The van der Waals surface area contributed by atoms with Gasteiger partial charge < -0.3 is 0 Å². The van der Waals surface area contributed by atoms with Gasteiger partial charge in [0.1, 0.15) is 0 Å². The van der Waals surface area contributed by atoms with E-state index in [0.717, 1.165) is 21.7 Å². The third-order valence-corrected chi connectivity index (χ3v) is 4.62. The van der Waals surface area contributed by atoms with Gasteiger partial charge in [-0.2, -0.15) is 0 Å². The lowest BCUT2D eigenvalue weighted by Gasteiger charge is -2.18. The Kier molecular flexibility index (Phi) is 4.23. The normalized spacial score (nSPS) is 12.5. The molecule has 2 aromatic carbocycles. The van der Waals surface area contributed by atoms with Crippen LogP contribution in [0.3, 0.4) is 0 Å². The van der Waals surface area contributed by atoms with Crippen LogP contribution < -0.4 is 0 Å². The van der Waals surface area contributed by atoms with Gasteiger partial charge in [-0.05, 0) is 67.1 Å². The molecule has 0 spiro atoms. The molecule has 2 rings (SSSR count). The maximum Gasteiger partial charge on any atom is 0.0840 e. The number of hydrogen-bond acceptors (Lipinski definition) is 0. The molecule has 0 saturated heterocycles. The van der Waals surface area contributed by atoms with Crippen LogP contribution in [0.1, 0.15) is 38.8 Å². The van der Waals surface area contributed by atoms with E-state index in [-0.39, 0.29) is 5.38 Å². The number of rotatable bonds is 2. The van der Waals surface area contributed by atoms with Crippen LogP contribution in [-0.2, 0) is 0 Å². The van der Waals surface area contributed by atoms with Gasteiger partial charge in [-0.3, -0.25) is 0 Å². The van der Waals surface area contributed by atoms with Crippen molar-refractivity contribution in [3.05, 3.63) is 68.7 Å². The zero-order valence-corrected chi connectivity index (χ0v) is 13.2. The molecule has 100 valence electrons. The van der Waals surface area contributed by atoms with Crippen LogP contribution in [0.15, 0.2) is 30.3 Å². The molecule has 2 aromatic rings. The van der Waals surface area contributed by atoms with Crippen molar-refractivity contribution in [1.29, 1.82) is 0 Å². The average Bonchev–Trinajstić information content (AvgIpc) is 2.36. The molecule has 0 radical (unpaired) electrons. The lowest BCUT2D eigenvalue weighted by Crippen LogP contribution is -2.01. The number of alkyl halides is 1. The van der Waals surface area contributed by atoms with Crippen molar-refractivity contribution in [1.82, 2.24) is 0 Å². The van der Waals surface area contributed by atoms with Crippen LogP contribution in [-0.4, -0.2) is 0 Å². The molecule has 0 aliphatic carbocycles. The zero-order chi connectivity index (χ0) is 14.2. The number of hydrogen-bond donors (Lipinski definition) is 0. The first-order valence-electron chi connectivity index (χ1n) is 6.38. The van der Waals surface area contributed by atoms with Crippen molar-refractivity contribution in [2.45, 2.75) is 33.1 Å². The van der Waals surface area contributed by atoms with E-state index in [0.29, 0.717) is 0 Å². The first-order valence-corrected chi connectivity index (χ1v) is 7.20. The predicted octanol–water partition coefficient (Wildman–Crippen LogP) is 5.90.